The summed E-state index contributed by atoms with van der Waals surface area (Å²) in [6, 6.07) is 0. The molecule has 0 saturated carbocycles. The first kappa shape index (κ1) is 13.2. The van der Waals surface area contributed by atoms with E-state index in [1.807, 2.05) is 0 Å². The molecule has 0 N–H and O–H groups in total. The second-order valence-electron chi connectivity index (χ2n) is 5.00. The fourth-order valence-corrected chi connectivity index (χ4v) is 2.36. The summed E-state index contributed by atoms with van der Waals surface area (Å²) in [6.45, 7) is 8.28. The molecule has 1 fully saturated rings. The summed E-state index contributed by atoms with van der Waals surface area (Å²) in [6.07, 6.45) is 5.88. The molecule has 1 aromatic rings. The molecule has 2 atom stereocenters. The van der Waals surface area contributed by atoms with E-state index in [1.54, 1.807) is 18.6 Å². The van der Waals surface area contributed by atoms with Gasteiger partial charge in [-0.15, -0.1) is 0 Å². The zero-order valence-electron chi connectivity index (χ0n) is 11.4. The van der Waals surface area contributed by atoms with Crippen molar-refractivity contribution in [2.24, 2.45) is 0 Å². The molecule has 0 spiro atoms. The van der Waals surface area contributed by atoms with Crippen molar-refractivity contribution in [1.82, 2.24) is 14.9 Å². The molecule has 1 aromatic heterocycles. The summed E-state index contributed by atoms with van der Waals surface area (Å²) in [5.74, 6) is 0.923. The maximum atomic E-state index is 5.73. The molecule has 0 aromatic carbocycles. The van der Waals surface area contributed by atoms with Crippen LogP contribution in [-0.2, 0) is 4.74 Å². The number of rotatable bonds is 4. The summed E-state index contributed by atoms with van der Waals surface area (Å²) in [5, 5.41) is 0. The highest BCUT2D eigenvalue weighted by Gasteiger charge is 2.21. The largest absolute Gasteiger partial charge is 0.373 e. The van der Waals surface area contributed by atoms with Crippen molar-refractivity contribution < 1.29 is 4.74 Å². The van der Waals surface area contributed by atoms with Gasteiger partial charge in [-0.1, -0.05) is 0 Å². The van der Waals surface area contributed by atoms with E-state index in [4.69, 9.17) is 4.74 Å². The van der Waals surface area contributed by atoms with E-state index in [-0.39, 0.29) is 0 Å². The van der Waals surface area contributed by atoms with Crippen molar-refractivity contribution in [3.63, 3.8) is 0 Å². The number of nitrogens with zero attached hydrogens (tertiary/aromatic N) is 4. The Morgan fingerprint density at radius 1 is 1.33 bits per heavy atom. The Kier molecular flexibility index (Phi) is 4.49. The first-order valence-corrected chi connectivity index (χ1v) is 6.50. The fourth-order valence-electron chi connectivity index (χ4n) is 2.36. The lowest BCUT2D eigenvalue weighted by molar-refractivity contribution is -0.0670. The van der Waals surface area contributed by atoms with Gasteiger partial charge < -0.3 is 9.64 Å². The lowest BCUT2D eigenvalue weighted by Gasteiger charge is -2.36. The van der Waals surface area contributed by atoms with Gasteiger partial charge in [0, 0.05) is 45.6 Å². The van der Waals surface area contributed by atoms with Crippen LogP contribution in [0.5, 0.6) is 0 Å². The van der Waals surface area contributed by atoms with Crippen LogP contribution in [0.1, 0.15) is 13.8 Å². The van der Waals surface area contributed by atoms with E-state index in [2.05, 4.69) is 40.7 Å². The van der Waals surface area contributed by atoms with Crippen molar-refractivity contribution >= 4 is 5.82 Å². The monoisotopic (exact) mass is 250 g/mol. The van der Waals surface area contributed by atoms with Crippen LogP contribution >= 0.6 is 0 Å². The highest BCUT2D eigenvalue weighted by molar-refractivity contribution is 5.33. The van der Waals surface area contributed by atoms with Gasteiger partial charge in [0.2, 0.25) is 0 Å². The van der Waals surface area contributed by atoms with Crippen LogP contribution in [0.15, 0.2) is 18.6 Å². The van der Waals surface area contributed by atoms with Gasteiger partial charge in [0.25, 0.3) is 0 Å². The average molecular weight is 250 g/mol. The molecule has 100 valence electrons. The van der Waals surface area contributed by atoms with E-state index in [0.29, 0.717) is 12.2 Å². The smallest absolute Gasteiger partial charge is 0.146 e. The number of hydrogen-bond donors (Lipinski definition) is 0. The Labute approximate surface area is 109 Å². The third kappa shape index (κ3) is 3.65. The van der Waals surface area contributed by atoms with Crippen molar-refractivity contribution in [2.75, 3.05) is 38.1 Å². The lowest BCUT2D eigenvalue weighted by atomic mass is 10.2. The Morgan fingerprint density at radius 2 is 2.06 bits per heavy atom. The number of hydrogen-bond acceptors (Lipinski definition) is 5. The summed E-state index contributed by atoms with van der Waals surface area (Å²) >= 11 is 0. The van der Waals surface area contributed by atoms with Crippen LogP contribution in [-0.4, -0.2) is 60.3 Å². The maximum absolute atomic E-state index is 5.73. The molecule has 5 heteroatoms. The van der Waals surface area contributed by atoms with Gasteiger partial charge >= 0.3 is 0 Å². The number of anilines is 1. The van der Waals surface area contributed by atoms with Gasteiger partial charge in [-0.2, -0.15) is 0 Å². The molecule has 0 bridgehead atoms. The topological polar surface area (TPSA) is 41.5 Å². The van der Waals surface area contributed by atoms with E-state index in [1.165, 1.54) is 0 Å². The molecule has 1 saturated heterocycles. The third-order valence-electron chi connectivity index (χ3n) is 3.19. The predicted molar refractivity (Wildman–Crippen MR) is 71.8 cm³/mol. The van der Waals surface area contributed by atoms with Gasteiger partial charge in [0.05, 0.1) is 18.4 Å². The molecule has 2 heterocycles. The SMILES string of the molecule is C[C@@H]1CN(CCN(C)c2cnccn2)C[C@H](C)O1. The molecular formula is C13H22N4O. The minimum atomic E-state index is 0.329. The van der Waals surface area contributed by atoms with E-state index in [9.17, 15) is 0 Å². The molecular weight excluding hydrogens is 228 g/mol. The zero-order valence-corrected chi connectivity index (χ0v) is 11.4. The fraction of sp³-hybridized carbons (Fsp3) is 0.692. The van der Waals surface area contributed by atoms with Crippen LogP contribution in [0.2, 0.25) is 0 Å². The van der Waals surface area contributed by atoms with Crippen molar-refractivity contribution in [2.45, 2.75) is 26.1 Å². The molecule has 0 radical (unpaired) electrons. The number of aromatic nitrogens is 2. The Balaban J connectivity index is 1.81. The standard InChI is InChI=1S/C13H22N4O/c1-11-9-17(10-12(2)18-11)7-6-16(3)13-8-14-4-5-15-13/h4-5,8,11-12H,6-7,9-10H2,1-3H3/t11-,12+. The Hall–Kier alpha value is -1.20. The summed E-state index contributed by atoms with van der Waals surface area (Å²) in [4.78, 5) is 13.0. The third-order valence-corrected chi connectivity index (χ3v) is 3.19. The van der Waals surface area contributed by atoms with Crippen molar-refractivity contribution in [3.8, 4) is 0 Å². The van der Waals surface area contributed by atoms with Crippen LogP contribution in [0.3, 0.4) is 0 Å². The van der Waals surface area contributed by atoms with Crippen LogP contribution in [0, 0.1) is 0 Å². The van der Waals surface area contributed by atoms with E-state index >= 15 is 0 Å². The number of likely N-dealkylation sites (N-methyl/N-ethyl adjacent to an activating group) is 1. The van der Waals surface area contributed by atoms with Crippen LogP contribution in [0.4, 0.5) is 5.82 Å². The first-order chi connectivity index (χ1) is 8.65. The van der Waals surface area contributed by atoms with Gasteiger partial charge in [-0.05, 0) is 13.8 Å². The molecule has 5 nitrogen and oxygen atoms in total. The zero-order chi connectivity index (χ0) is 13.0. The molecule has 18 heavy (non-hydrogen) atoms. The molecule has 0 amide bonds. The lowest BCUT2D eigenvalue weighted by Crippen LogP contribution is -2.47. The highest BCUT2D eigenvalue weighted by atomic mass is 16.5. The summed E-state index contributed by atoms with van der Waals surface area (Å²) < 4.78 is 5.73. The van der Waals surface area contributed by atoms with Gasteiger partial charge in [0.1, 0.15) is 5.82 Å². The molecule has 0 unspecified atom stereocenters. The second kappa shape index (κ2) is 6.11. The predicted octanol–water partition coefficient (Wildman–Crippen LogP) is 1.02. The minimum Gasteiger partial charge on any atom is -0.373 e. The maximum Gasteiger partial charge on any atom is 0.146 e. The van der Waals surface area contributed by atoms with Crippen molar-refractivity contribution in [1.29, 1.82) is 0 Å². The normalized spacial score (nSPS) is 25.1. The van der Waals surface area contributed by atoms with Gasteiger partial charge in [0.15, 0.2) is 0 Å². The summed E-state index contributed by atoms with van der Waals surface area (Å²) in [7, 11) is 2.05. The summed E-state index contributed by atoms with van der Waals surface area (Å²) in [5.41, 5.74) is 0. The number of ether oxygens (including phenoxy) is 1. The Morgan fingerprint density at radius 3 is 2.67 bits per heavy atom. The quantitative estimate of drug-likeness (QED) is 0.798. The number of morpholine rings is 1. The molecule has 0 aliphatic carbocycles. The molecule has 1 aliphatic rings. The second-order valence-corrected chi connectivity index (χ2v) is 5.00. The Bertz CT molecular complexity index is 349. The van der Waals surface area contributed by atoms with Crippen LogP contribution < -0.4 is 4.90 Å². The minimum absolute atomic E-state index is 0.329. The van der Waals surface area contributed by atoms with Gasteiger partial charge in [-0.25, -0.2) is 4.98 Å². The molecule has 2 rings (SSSR count). The van der Waals surface area contributed by atoms with Gasteiger partial charge in [-0.3, -0.25) is 9.88 Å². The first-order valence-electron chi connectivity index (χ1n) is 6.50. The van der Waals surface area contributed by atoms with Crippen LogP contribution in [0.25, 0.3) is 0 Å². The van der Waals surface area contributed by atoms with E-state index in [0.717, 1.165) is 32.0 Å². The van der Waals surface area contributed by atoms with Crippen molar-refractivity contribution in [3.05, 3.63) is 18.6 Å². The van der Waals surface area contributed by atoms with E-state index < -0.39 is 0 Å². The molecule has 1 aliphatic heterocycles. The average Bonchev–Trinajstić information content (AvgIpc) is 2.36. The highest BCUT2D eigenvalue weighted by Crippen LogP contribution is 2.11.